The maximum atomic E-state index is 13.0. The van der Waals surface area contributed by atoms with E-state index in [1.165, 1.54) is 12.1 Å². The van der Waals surface area contributed by atoms with Gasteiger partial charge in [0.05, 0.1) is 13.2 Å². The highest BCUT2D eigenvalue weighted by Crippen LogP contribution is 2.33. The minimum Gasteiger partial charge on any atom is -0.428 e. The number of rotatable bonds is 5. The van der Waals surface area contributed by atoms with E-state index in [1.807, 2.05) is 7.05 Å². The van der Waals surface area contributed by atoms with E-state index < -0.39 is 18.3 Å². The van der Waals surface area contributed by atoms with Crippen molar-refractivity contribution in [3.05, 3.63) is 29.8 Å². The summed E-state index contributed by atoms with van der Waals surface area (Å²) in [6.07, 6.45) is -7.31. The van der Waals surface area contributed by atoms with E-state index >= 15 is 0 Å². The number of morpholine rings is 1. The molecule has 0 aliphatic carbocycles. The number of ether oxygens (including phenoxy) is 2. The second kappa shape index (κ2) is 6.92. The fraction of sp³-hybridized carbons (Fsp3) is 0.588. The van der Waals surface area contributed by atoms with Gasteiger partial charge in [-0.1, -0.05) is 12.1 Å². The number of hydrogen-bond acceptors (Lipinski definition) is 4. The lowest BCUT2D eigenvalue weighted by molar-refractivity contribution is -0.253. The van der Waals surface area contributed by atoms with Crippen molar-refractivity contribution in [3.8, 4) is 5.75 Å². The van der Waals surface area contributed by atoms with Crippen LogP contribution in [0.25, 0.3) is 0 Å². The molecule has 0 amide bonds. The highest BCUT2D eigenvalue weighted by atomic mass is 19.3. The number of carbonyl (C=O) groups is 1. The molecule has 2 heterocycles. The van der Waals surface area contributed by atoms with Crippen LogP contribution in [0.15, 0.2) is 24.3 Å². The molecule has 0 aromatic heterocycles. The van der Waals surface area contributed by atoms with Gasteiger partial charge in [-0.05, 0) is 32.0 Å². The summed E-state index contributed by atoms with van der Waals surface area (Å²) in [5.74, 6) is -0.885. The maximum absolute atomic E-state index is 13.0. The van der Waals surface area contributed by atoms with Crippen molar-refractivity contribution >= 4 is 5.78 Å². The van der Waals surface area contributed by atoms with Gasteiger partial charge in [0.15, 0.2) is 5.78 Å². The lowest BCUT2D eigenvalue weighted by Gasteiger charge is -2.46. The minimum absolute atomic E-state index is 0.143. The Kier molecular flexibility index (Phi) is 5.02. The summed E-state index contributed by atoms with van der Waals surface area (Å²) in [6, 6.07) is 5.35. The van der Waals surface area contributed by atoms with Gasteiger partial charge < -0.3 is 9.47 Å². The summed E-state index contributed by atoms with van der Waals surface area (Å²) in [7, 11) is 2.00. The third-order valence-corrected chi connectivity index (χ3v) is 4.88. The zero-order chi connectivity index (χ0) is 18.2. The summed E-state index contributed by atoms with van der Waals surface area (Å²) in [4.78, 5) is 14.9. The second-order valence-electron chi connectivity index (χ2n) is 6.54. The van der Waals surface area contributed by atoms with Crippen LogP contribution >= 0.6 is 0 Å². The van der Waals surface area contributed by atoms with Gasteiger partial charge in [-0.2, -0.15) is 17.6 Å². The van der Waals surface area contributed by atoms with Crippen LogP contribution in [0, 0.1) is 5.92 Å². The molecule has 0 radical (unpaired) electrons. The molecule has 1 aromatic carbocycles. The monoisotopic (exact) mass is 361 g/mol. The number of carbonyl (C=O) groups excluding carboxylic acids is 1. The molecule has 138 valence electrons. The number of alkyl halides is 4. The van der Waals surface area contributed by atoms with Crippen molar-refractivity contribution in [2.45, 2.75) is 37.5 Å². The topological polar surface area (TPSA) is 38.8 Å². The molecular weight excluding hydrogens is 342 g/mol. The van der Waals surface area contributed by atoms with Crippen molar-refractivity contribution in [2.75, 3.05) is 20.3 Å². The number of likely N-dealkylation sites (N-methyl/N-ethyl adjacent to an activating group) is 1. The van der Waals surface area contributed by atoms with Crippen LogP contribution in [0.2, 0.25) is 0 Å². The lowest BCUT2D eigenvalue weighted by atomic mass is 9.81. The first kappa shape index (κ1) is 18.1. The molecule has 25 heavy (non-hydrogen) atoms. The molecule has 2 aliphatic heterocycles. The maximum Gasteiger partial charge on any atom is 0.461 e. The van der Waals surface area contributed by atoms with Crippen molar-refractivity contribution in [2.24, 2.45) is 5.92 Å². The van der Waals surface area contributed by atoms with Crippen LogP contribution in [-0.2, 0) is 4.74 Å². The minimum atomic E-state index is -4.59. The average molecular weight is 361 g/mol. The summed E-state index contributed by atoms with van der Waals surface area (Å²) in [6.45, 7) is 1.11. The number of fused-ring (bicyclic) bond motifs is 2. The Morgan fingerprint density at radius 2 is 1.92 bits per heavy atom. The van der Waals surface area contributed by atoms with Crippen LogP contribution in [-0.4, -0.2) is 55.6 Å². The number of nitrogens with zero attached hydrogens (tertiary/aromatic N) is 1. The van der Waals surface area contributed by atoms with E-state index in [1.54, 1.807) is 0 Å². The zero-order valence-corrected chi connectivity index (χ0v) is 13.6. The van der Waals surface area contributed by atoms with E-state index in [-0.39, 0.29) is 29.3 Å². The Morgan fingerprint density at radius 3 is 2.52 bits per heavy atom. The number of benzene rings is 1. The summed E-state index contributed by atoms with van der Waals surface area (Å²) in [5, 5.41) is 0. The van der Waals surface area contributed by atoms with Gasteiger partial charge >= 0.3 is 12.5 Å². The average Bonchev–Trinajstić information content (AvgIpc) is 2.53. The smallest absolute Gasteiger partial charge is 0.428 e. The van der Waals surface area contributed by atoms with Crippen molar-refractivity contribution in [1.29, 1.82) is 0 Å². The van der Waals surface area contributed by atoms with Gasteiger partial charge in [-0.25, -0.2) is 0 Å². The highest BCUT2D eigenvalue weighted by Gasteiger charge is 2.44. The van der Waals surface area contributed by atoms with Crippen LogP contribution in [0.3, 0.4) is 0 Å². The van der Waals surface area contributed by atoms with Crippen LogP contribution in [0.1, 0.15) is 23.2 Å². The molecule has 0 spiro atoms. The number of ketones is 1. The largest absolute Gasteiger partial charge is 0.461 e. The Bertz CT molecular complexity index is 626. The normalized spacial score (nSPS) is 27.4. The molecular formula is C17H19F4NO3. The van der Waals surface area contributed by atoms with Crippen molar-refractivity contribution in [1.82, 2.24) is 4.90 Å². The number of halogens is 4. The van der Waals surface area contributed by atoms with Crippen LogP contribution in [0.5, 0.6) is 5.75 Å². The standard InChI is InChI=1S/C17H19F4NO3/c1-22-12-5-11(6-13(22)9-24-8-12)15(23)10-3-2-4-14(7-10)25-17(20,21)16(18)19/h2-4,7,11-13,16H,5-6,8-9H2,1H3. The van der Waals surface area contributed by atoms with Crippen molar-refractivity contribution in [3.63, 3.8) is 0 Å². The first-order chi connectivity index (χ1) is 11.8. The van der Waals surface area contributed by atoms with Gasteiger partial charge in [0.1, 0.15) is 5.75 Å². The Balaban J connectivity index is 1.74. The molecule has 4 nitrogen and oxygen atoms in total. The van der Waals surface area contributed by atoms with Crippen LogP contribution < -0.4 is 4.74 Å². The second-order valence-corrected chi connectivity index (χ2v) is 6.54. The van der Waals surface area contributed by atoms with E-state index in [4.69, 9.17) is 4.74 Å². The number of piperidine rings is 1. The van der Waals surface area contributed by atoms with Crippen LogP contribution in [0.4, 0.5) is 17.6 Å². The molecule has 2 unspecified atom stereocenters. The molecule has 0 saturated carbocycles. The molecule has 2 atom stereocenters. The Labute approximate surface area is 142 Å². The molecule has 2 fully saturated rings. The molecule has 3 rings (SSSR count). The summed E-state index contributed by atoms with van der Waals surface area (Å²) < 4.78 is 60.2. The SMILES string of the molecule is CN1C2COCC1CC(C(=O)c1cccc(OC(F)(F)C(F)F)c1)C2. The summed E-state index contributed by atoms with van der Waals surface area (Å²) >= 11 is 0. The van der Waals surface area contributed by atoms with Gasteiger partial charge in [-0.3, -0.25) is 9.69 Å². The Hall–Kier alpha value is -1.67. The first-order valence-electron chi connectivity index (χ1n) is 8.07. The van der Waals surface area contributed by atoms with Gasteiger partial charge in [0.2, 0.25) is 0 Å². The van der Waals surface area contributed by atoms with E-state index in [0.29, 0.717) is 26.1 Å². The third kappa shape index (κ3) is 3.79. The van der Waals surface area contributed by atoms with Crippen molar-refractivity contribution < 1.29 is 31.8 Å². The number of Topliss-reactive ketones (excluding diaryl/α,β-unsaturated/α-hetero) is 1. The quantitative estimate of drug-likeness (QED) is 0.596. The highest BCUT2D eigenvalue weighted by molar-refractivity contribution is 5.98. The predicted octanol–water partition coefficient (Wildman–Crippen LogP) is 3.22. The molecule has 2 bridgehead atoms. The third-order valence-electron chi connectivity index (χ3n) is 4.88. The van der Waals surface area contributed by atoms with Gasteiger partial charge in [0, 0.05) is 23.6 Å². The molecule has 0 N–H and O–H groups in total. The Morgan fingerprint density at radius 1 is 1.28 bits per heavy atom. The fourth-order valence-corrected chi connectivity index (χ4v) is 3.46. The zero-order valence-electron chi connectivity index (χ0n) is 13.6. The van der Waals surface area contributed by atoms with Gasteiger partial charge in [0.25, 0.3) is 0 Å². The van der Waals surface area contributed by atoms with Gasteiger partial charge in [-0.15, -0.1) is 0 Å². The number of hydrogen-bond donors (Lipinski definition) is 0. The molecule has 2 aliphatic rings. The predicted molar refractivity (Wildman–Crippen MR) is 81.2 cm³/mol. The molecule has 2 saturated heterocycles. The summed E-state index contributed by atoms with van der Waals surface area (Å²) in [5.41, 5.74) is 0.191. The fourth-order valence-electron chi connectivity index (χ4n) is 3.46. The lowest BCUT2D eigenvalue weighted by Crippen LogP contribution is -2.55. The first-order valence-corrected chi connectivity index (χ1v) is 8.07. The van der Waals surface area contributed by atoms with E-state index in [0.717, 1.165) is 12.1 Å². The molecule has 8 heteroatoms. The van der Waals surface area contributed by atoms with E-state index in [9.17, 15) is 22.4 Å². The van der Waals surface area contributed by atoms with E-state index in [2.05, 4.69) is 9.64 Å². The molecule has 1 aromatic rings.